The number of methoxy groups -OCH3 is 2. The monoisotopic (exact) mass is 233 g/mol. The van der Waals surface area contributed by atoms with E-state index in [2.05, 4.69) is 16.2 Å². The van der Waals surface area contributed by atoms with Gasteiger partial charge in [-0.25, -0.2) is 9.97 Å². The van der Waals surface area contributed by atoms with Gasteiger partial charge in [0, 0.05) is 18.6 Å². The Labute approximate surface area is 99.4 Å². The van der Waals surface area contributed by atoms with E-state index in [0.717, 1.165) is 10.9 Å². The minimum atomic E-state index is 0.465. The van der Waals surface area contributed by atoms with Crippen LogP contribution in [0.25, 0.3) is 10.9 Å². The van der Waals surface area contributed by atoms with Crippen LogP contribution in [0.4, 0.5) is 0 Å². The van der Waals surface area contributed by atoms with Crippen LogP contribution in [0.15, 0.2) is 18.5 Å². The van der Waals surface area contributed by atoms with Crippen molar-refractivity contribution in [2.45, 2.75) is 0 Å². The molecular weight excluding hydrogens is 220 g/mol. The van der Waals surface area contributed by atoms with Gasteiger partial charge in [0.15, 0.2) is 11.5 Å². The number of ether oxygens (including phenoxy) is 3. The van der Waals surface area contributed by atoms with Crippen molar-refractivity contribution in [3.63, 3.8) is 0 Å². The van der Waals surface area contributed by atoms with Crippen LogP contribution < -0.4 is 9.47 Å². The third kappa shape index (κ3) is 2.62. The van der Waals surface area contributed by atoms with Crippen molar-refractivity contribution >= 4 is 10.9 Å². The van der Waals surface area contributed by atoms with Gasteiger partial charge in [0.25, 0.3) is 0 Å². The van der Waals surface area contributed by atoms with E-state index in [1.807, 2.05) is 6.07 Å². The topological polar surface area (TPSA) is 53.5 Å². The van der Waals surface area contributed by atoms with E-state index in [-0.39, 0.29) is 0 Å². The third-order valence-corrected chi connectivity index (χ3v) is 2.27. The molecule has 0 amide bonds. The van der Waals surface area contributed by atoms with Crippen molar-refractivity contribution < 1.29 is 14.2 Å². The van der Waals surface area contributed by atoms with E-state index in [0.29, 0.717) is 24.7 Å². The van der Waals surface area contributed by atoms with E-state index in [1.54, 1.807) is 20.3 Å². The highest BCUT2D eigenvalue weighted by molar-refractivity contribution is 5.81. The van der Waals surface area contributed by atoms with Gasteiger partial charge in [0.1, 0.15) is 19.1 Å². The maximum atomic E-state index is 5.55. The summed E-state index contributed by atoms with van der Waals surface area (Å²) < 4.78 is 15.7. The zero-order valence-corrected chi connectivity index (χ0v) is 9.77. The van der Waals surface area contributed by atoms with Crippen LogP contribution >= 0.6 is 0 Å². The molecule has 5 heteroatoms. The van der Waals surface area contributed by atoms with Gasteiger partial charge in [-0.1, -0.05) is 0 Å². The molecule has 0 aliphatic rings. The predicted molar refractivity (Wildman–Crippen MR) is 62.3 cm³/mol. The number of rotatable bonds is 5. The molecule has 0 fully saturated rings. The number of fused-ring (bicyclic) bond motifs is 1. The van der Waals surface area contributed by atoms with Gasteiger partial charge in [-0.15, -0.1) is 0 Å². The van der Waals surface area contributed by atoms with Gasteiger partial charge in [0.2, 0.25) is 0 Å². The molecule has 0 unspecified atom stereocenters. The molecule has 0 bridgehead atoms. The van der Waals surface area contributed by atoms with E-state index in [9.17, 15) is 0 Å². The molecule has 2 aromatic rings. The van der Waals surface area contributed by atoms with Gasteiger partial charge in [-0.05, 0) is 6.07 Å². The molecule has 2 rings (SSSR count). The van der Waals surface area contributed by atoms with Crippen LogP contribution in [0.3, 0.4) is 0 Å². The van der Waals surface area contributed by atoms with Crippen molar-refractivity contribution in [3.05, 3.63) is 24.7 Å². The summed E-state index contributed by atoms with van der Waals surface area (Å²) in [6.45, 7) is 0.990. The lowest BCUT2D eigenvalue weighted by Gasteiger charge is -2.10. The number of nitrogens with zero attached hydrogens (tertiary/aromatic N) is 2. The summed E-state index contributed by atoms with van der Waals surface area (Å²) in [5.74, 6) is 1.28. The Morgan fingerprint density at radius 2 is 2.06 bits per heavy atom. The second kappa shape index (κ2) is 5.45. The van der Waals surface area contributed by atoms with Crippen molar-refractivity contribution in [2.75, 3.05) is 27.4 Å². The first-order valence-corrected chi connectivity index (χ1v) is 5.17. The highest BCUT2D eigenvalue weighted by Crippen LogP contribution is 2.30. The maximum Gasteiger partial charge on any atom is 0.163 e. The summed E-state index contributed by atoms with van der Waals surface area (Å²) in [6.07, 6.45) is 4.30. The zero-order valence-electron chi connectivity index (χ0n) is 9.77. The standard InChI is InChI=1S/C12H13N2O3/c1-15-3-4-17-12-6-10-9(5-11(12)16-2)7-13-8-14-10/h5-6,8H,3-4H2,1-2H3. The van der Waals surface area contributed by atoms with E-state index in [1.165, 1.54) is 6.33 Å². The molecule has 17 heavy (non-hydrogen) atoms. The molecule has 0 spiro atoms. The quantitative estimate of drug-likeness (QED) is 0.732. The lowest BCUT2D eigenvalue weighted by molar-refractivity contribution is 0.144. The summed E-state index contributed by atoms with van der Waals surface area (Å²) in [5, 5.41) is 0.795. The molecule has 5 nitrogen and oxygen atoms in total. The summed E-state index contributed by atoms with van der Waals surface area (Å²) >= 11 is 0. The van der Waals surface area contributed by atoms with Gasteiger partial charge in [-0.2, -0.15) is 0 Å². The van der Waals surface area contributed by atoms with E-state index < -0.39 is 0 Å². The van der Waals surface area contributed by atoms with Gasteiger partial charge >= 0.3 is 0 Å². The van der Waals surface area contributed by atoms with E-state index in [4.69, 9.17) is 14.2 Å². The Morgan fingerprint density at radius 3 is 2.82 bits per heavy atom. The number of hydrogen-bond acceptors (Lipinski definition) is 5. The predicted octanol–water partition coefficient (Wildman–Crippen LogP) is 1.46. The SMILES string of the molecule is COCCOc1cc2ncn[c]c2cc1OC. The van der Waals surface area contributed by atoms with Crippen LogP contribution in [0, 0.1) is 6.20 Å². The lowest BCUT2D eigenvalue weighted by atomic mass is 10.2. The van der Waals surface area contributed by atoms with E-state index >= 15 is 0 Å². The smallest absolute Gasteiger partial charge is 0.163 e. The van der Waals surface area contributed by atoms with Crippen LogP contribution in [-0.2, 0) is 4.74 Å². The molecular formula is C12H13N2O3. The molecule has 0 aliphatic heterocycles. The third-order valence-electron chi connectivity index (χ3n) is 2.27. The summed E-state index contributed by atoms with van der Waals surface area (Å²) in [4.78, 5) is 7.98. The Balaban J connectivity index is 2.32. The van der Waals surface area contributed by atoms with Crippen molar-refractivity contribution in [2.24, 2.45) is 0 Å². The highest BCUT2D eigenvalue weighted by atomic mass is 16.5. The fourth-order valence-electron chi connectivity index (χ4n) is 1.44. The highest BCUT2D eigenvalue weighted by Gasteiger charge is 2.07. The largest absolute Gasteiger partial charge is 0.493 e. The first kappa shape index (κ1) is 11.6. The normalized spacial score (nSPS) is 10.5. The van der Waals surface area contributed by atoms with Crippen molar-refractivity contribution in [3.8, 4) is 11.5 Å². The van der Waals surface area contributed by atoms with Gasteiger partial charge < -0.3 is 14.2 Å². The average Bonchev–Trinajstić information content (AvgIpc) is 2.38. The summed E-state index contributed by atoms with van der Waals surface area (Å²) in [6, 6.07) is 3.61. The van der Waals surface area contributed by atoms with Crippen LogP contribution in [0.1, 0.15) is 0 Å². The molecule has 0 saturated carbocycles. The minimum absolute atomic E-state index is 0.465. The summed E-state index contributed by atoms with van der Waals surface area (Å²) in [5.41, 5.74) is 0.771. The zero-order chi connectivity index (χ0) is 12.1. The fourth-order valence-corrected chi connectivity index (χ4v) is 1.44. The molecule has 0 atom stereocenters. The number of aromatic nitrogens is 2. The first-order chi connectivity index (χ1) is 8.35. The van der Waals surface area contributed by atoms with Gasteiger partial charge in [-0.3, -0.25) is 0 Å². The molecule has 0 saturated heterocycles. The summed E-state index contributed by atoms with van der Waals surface area (Å²) in [7, 11) is 3.22. The molecule has 0 aliphatic carbocycles. The number of hydrogen-bond donors (Lipinski definition) is 0. The molecule has 1 aromatic carbocycles. The number of benzene rings is 1. The Bertz CT molecular complexity index is 502. The minimum Gasteiger partial charge on any atom is -0.493 e. The molecule has 89 valence electrons. The van der Waals surface area contributed by atoms with Gasteiger partial charge in [0.05, 0.1) is 19.2 Å². The van der Waals surface area contributed by atoms with Crippen LogP contribution in [-0.4, -0.2) is 37.4 Å². The van der Waals surface area contributed by atoms with Crippen molar-refractivity contribution in [1.29, 1.82) is 0 Å². The van der Waals surface area contributed by atoms with Crippen LogP contribution in [0.2, 0.25) is 0 Å². The lowest BCUT2D eigenvalue weighted by Crippen LogP contribution is -2.05. The maximum absolute atomic E-state index is 5.55. The first-order valence-electron chi connectivity index (χ1n) is 5.17. The molecule has 1 aromatic heterocycles. The molecule has 1 radical (unpaired) electrons. The Hall–Kier alpha value is -1.88. The molecule has 0 N–H and O–H groups in total. The second-order valence-electron chi connectivity index (χ2n) is 3.35. The van der Waals surface area contributed by atoms with Crippen LogP contribution in [0.5, 0.6) is 11.5 Å². The Morgan fingerprint density at radius 1 is 1.18 bits per heavy atom. The fraction of sp³-hybridized carbons (Fsp3) is 0.333. The Kier molecular flexibility index (Phi) is 3.72. The second-order valence-corrected chi connectivity index (χ2v) is 3.35. The van der Waals surface area contributed by atoms with Crippen molar-refractivity contribution in [1.82, 2.24) is 9.97 Å². The molecule has 1 heterocycles. The average molecular weight is 233 g/mol.